The van der Waals surface area contributed by atoms with E-state index >= 15 is 0 Å². The first-order valence-corrected chi connectivity index (χ1v) is 7.91. The molecule has 1 aliphatic rings. The number of nitrogens with zero attached hydrogens (tertiary/aromatic N) is 2. The summed E-state index contributed by atoms with van der Waals surface area (Å²) in [5.74, 6) is 0.461. The van der Waals surface area contributed by atoms with Crippen molar-refractivity contribution in [1.29, 1.82) is 0 Å². The number of aromatic amines is 1. The van der Waals surface area contributed by atoms with Gasteiger partial charge in [-0.3, -0.25) is 9.78 Å². The van der Waals surface area contributed by atoms with Gasteiger partial charge in [0.05, 0.1) is 10.9 Å². The topological polar surface area (TPSA) is 61.0 Å². The molecular formula is C18H18N4O. The molecule has 3 aromatic rings. The fraction of sp³-hybridized carbons (Fsp3) is 0.222. The van der Waals surface area contributed by atoms with Crippen molar-refractivity contribution in [2.75, 3.05) is 23.3 Å². The lowest BCUT2D eigenvalue weighted by Crippen LogP contribution is -2.17. The smallest absolute Gasteiger partial charge is 0.260 e. The molecule has 0 aliphatic carbocycles. The van der Waals surface area contributed by atoms with E-state index in [1.807, 2.05) is 30.3 Å². The van der Waals surface area contributed by atoms with Crippen molar-refractivity contribution in [3.8, 4) is 0 Å². The first-order chi connectivity index (χ1) is 11.3. The summed E-state index contributed by atoms with van der Waals surface area (Å²) in [6, 6.07) is 15.6. The van der Waals surface area contributed by atoms with E-state index in [0.717, 1.165) is 18.8 Å². The maximum absolute atomic E-state index is 12.1. The van der Waals surface area contributed by atoms with Gasteiger partial charge in [-0.05, 0) is 49.2 Å². The van der Waals surface area contributed by atoms with Gasteiger partial charge in [0.1, 0.15) is 0 Å². The van der Waals surface area contributed by atoms with Crippen LogP contribution in [0.2, 0.25) is 0 Å². The molecule has 2 heterocycles. The predicted molar refractivity (Wildman–Crippen MR) is 93.5 cm³/mol. The van der Waals surface area contributed by atoms with Crippen molar-refractivity contribution < 1.29 is 0 Å². The highest BCUT2D eigenvalue weighted by Gasteiger charge is 2.12. The van der Waals surface area contributed by atoms with Crippen LogP contribution in [0.25, 0.3) is 10.9 Å². The maximum Gasteiger partial charge on any atom is 0.260 e. The quantitative estimate of drug-likeness (QED) is 0.779. The normalized spacial score (nSPS) is 14.3. The standard InChI is InChI=1S/C18H18N4O/c23-17-15-5-1-2-6-16(15)20-18(21-17)19-13-7-9-14(10-8-13)22-11-3-4-12-22/h1-2,5-10H,3-4,11-12H2,(H2,19,20,21,23). The van der Waals surface area contributed by atoms with Crippen LogP contribution in [-0.2, 0) is 0 Å². The average Bonchev–Trinajstić information content (AvgIpc) is 3.10. The first-order valence-electron chi connectivity index (χ1n) is 7.91. The maximum atomic E-state index is 12.1. The molecule has 0 bridgehead atoms. The van der Waals surface area contributed by atoms with E-state index in [9.17, 15) is 4.79 Å². The summed E-state index contributed by atoms with van der Waals surface area (Å²) in [4.78, 5) is 21.7. The molecule has 0 spiro atoms. The molecule has 2 aromatic carbocycles. The van der Waals surface area contributed by atoms with Crippen LogP contribution in [0, 0.1) is 0 Å². The highest BCUT2D eigenvalue weighted by Crippen LogP contribution is 2.23. The molecule has 0 radical (unpaired) electrons. The molecule has 0 atom stereocenters. The second-order valence-electron chi connectivity index (χ2n) is 5.80. The molecule has 1 saturated heterocycles. The van der Waals surface area contributed by atoms with Crippen LogP contribution >= 0.6 is 0 Å². The van der Waals surface area contributed by atoms with Gasteiger partial charge in [0.25, 0.3) is 5.56 Å². The molecule has 0 unspecified atom stereocenters. The van der Waals surface area contributed by atoms with Gasteiger partial charge in [0.2, 0.25) is 5.95 Å². The fourth-order valence-corrected chi connectivity index (χ4v) is 3.01. The minimum atomic E-state index is -0.133. The number of aromatic nitrogens is 2. The van der Waals surface area contributed by atoms with Crippen LogP contribution in [0.1, 0.15) is 12.8 Å². The number of hydrogen-bond acceptors (Lipinski definition) is 4. The van der Waals surface area contributed by atoms with E-state index in [0.29, 0.717) is 16.9 Å². The summed E-state index contributed by atoms with van der Waals surface area (Å²) in [6.07, 6.45) is 2.53. The number of anilines is 3. The van der Waals surface area contributed by atoms with Crippen LogP contribution in [-0.4, -0.2) is 23.1 Å². The third-order valence-corrected chi connectivity index (χ3v) is 4.21. The zero-order chi connectivity index (χ0) is 15.6. The van der Waals surface area contributed by atoms with Gasteiger partial charge in [0.15, 0.2) is 0 Å². The van der Waals surface area contributed by atoms with Gasteiger partial charge in [0, 0.05) is 24.5 Å². The number of rotatable bonds is 3. The molecule has 4 rings (SSSR count). The highest BCUT2D eigenvalue weighted by molar-refractivity contribution is 5.78. The van der Waals surface area contributed by atoms with E-state index in [1.54, 1.807) is 6.07 Å². The minimum absolute atomic E-state index is 0.133. The molecule has 5 nitrogen and oxygen atoms in total. The number of para-hydroxylation sites is 1. The van der Waals surface area contributed by atoms with Crippen molar-refractivity contribution in [3.05, 3.63) is 58.9 Å². The van der Waals surface area contributed by atoms with Gasteiger partial charge < -0.3 is 10.2 Å². The Kier molecular flexibility index (Phi) is 3.46. The van der Waals surface area contributed by atoms with Crippen molar-refractivity contribution in [3.63, 3.8) is 0 Å². The zero-order valence-electron chi connectivity index (χ0n) is 12.7. The van der Waals surface area contributed by atoms with E-state index in [1.165, 1.54) is 18.5 Å². The molecule has 23 heavy (non-hydrogen) atoms. The third kappa shape index (κ3) is 2.77. The lowest BCUT2D eigenvalue weighted by Gasteiger charge is -2.17. The van der Waals surface area contributed by atoms with Crippen LogP contribution in [0.4, 0.5) is 17.3 Å². The van der Waals surface area contributed by atoms with Gasteiger partial charge >= 0.3 is 0 Å². The lowest BCUT2D eigenvalue weighted by molar-refractivity contribution is 0.949. The minimum Gasteiger partial charge on any atom is -0.372 e. The lowest BCUT2D eigenvalue weighted by atomic mass is 10.2. The van der Waals surface area contributed by atoms with Gasteiger partial charge in [-0.1, -0.05) is 12.1 Å². The van der Waals surface area contributed by atoms with Crippen molar-refractivity contribution in [2.45, 2.75) is 12.8 Å². The largest absolute Gasteiger partial charge is 0.372 e. The number of fused-ring (bicyclic) bond motifs is 1. The molecule has 1 aliphatic heterocycles. The molecular weight excluding hydrogens is 288 g/mol. The van der Waals surface area contributed by atoms with E-state index in [4.69, 9.17) is 0 Å². The number of hydrogen-bond donors (Lipinski definition) is 2. The molecule has 116 valence electrons. The first kappa shape index (κ1) is 13.8. The monoisotopic (exact) mass is 306 g/mol. The SMILES string of the molecule is O=c1[nH]c(Nc2ccc(N3CCCC3)cc2)nc2ccccc12. The predicted octanol–water partition coefficient (Wildman–Crippen LogP) is 3.27. The van der Waals surface area contributed by atoms with Gasteiger partial charge in [-0.15, -0.1) is 0 Å². The van der Waals surface area contributed by atoms with Gasteiger partial charge in [-0.2, -0.15) is 0 Å². The van der Waals surface area contributed by atoms with E-state index < -0.39 is 0 Å². The second kappa shape index (κ2) is 5.76. The summed E-state index contributed by atoms with van der Waals surface area (Å²) >= 11 is 0. The summed E-state index contributed by atoms with van der Waals surface area (Å²) in [5, 5.41) is 3.77. The van der Waals surface area contributed by atoms with Crippen molar-refractivity contribution in [1.82, 2.24) is 9.97 Å². The molecule has 1 aromatic heterocycles. The van der Waals surface area contributed by atoms with Crippen molar-refractivity contribution >= 4 is 28.2 Å². The Bertz CT molecular complexity index is 879. The van der Waals surface area contributed by atoms with Crippen molar-refractivity contribution in [2.24, 2.45) is 0 Å². The third-order valence-electron chi connectivity index (χ3n) is 4.21. The Morgan fingerprint density at radius 1 is 1.00 bits per heavy atom. The summed E-state index contributed by atoms with van der Waals surface area (Å²) in [7, 11) is 0. The Labute approximate surface area is 134 Å². The Hall–Kier alpha value is -2.82. The molecule has 1 fully saturated rings. The summed E-state index contributed by atoms with van der Waals surface area (Å²) in [5.41, 5.74) is 2.71. The van der Waals surface area contributed by atoms with E-state index in [2.05, 4.69) is 32.3 Å². The number of H-pyrrole nitrogens is 1. The fourth-order valence-electron chi connectivity index (χ4n) is 3.01. The average molecular weight is 306 g/mol. The number of benzene rings is 2. The van der Waals surface area contributed by atoms with Crippen LogP contribution in [0.5, 0.6) is 0 Å². The molecule has 0 amide bonds. The molecule has 5 heteroatoms. The molecule has 2 N–H and O–H groups in total. The van der Waals surface area contributed by atoms with Gasteiger partial charge in [-0.25, -0.2) is 4.98 Å². The van der Waals surface area contributed by atoms with Crippen LogP contribution in [0.3, 0.4) is 0 Å². The molecule has 0 saturated carbocycles. The Morgan fingerprint density at radius 2 is 1.74 bits per heavy atom. The highest BCUT2D eigenvalue weighted by atomic mass is 16.1. The Morgan fingerprint density at radius 3 is 2.52 bits per heavy atom. The number of nitrogens with one attached hydrogen (secondary N) is 2. The summed E-state index contributed by atoms with van der Waals surface area (Å²) < 4.78 is 0. The second-order valence-corrected chi connectivity index (χ2v) is 5.80. The van der Waals surface area contributed by atoms with E-state index in [-0.39, 0.29) is 5.56 Å². The Balaban J connectivity index is 1.59. The van der Waals surface area contributed by atoms with Crippen LogP contribution < -0.4 is 15.8 Å². The zero-order valence-corrected chi connectivity index (χ0v) is 12.7. The summed E-state index contributed by atoms with van der Waals surface area (Å²) in [6.45, 7) is 2.26. The van der Waals surface area contributed by atoms with Crippen LogP contribution in [0.15, 0.2) is 53.3 Å².